The molecule has 3 heteroatoms. The van der Waals surface area contributed by atoms with E-state index < -0.39 is 0 Å². The van der Waals surface area contributed by atoms with Crippen molar-refractivity contribution in [1.82, 2.24) is 13.8 Å². The second-order valence-electron chi connectivity index (χ2n) is 21.6. The number of pyridine rings is 1. The fraction of sp³-hybridized carbons (Fsp3) is 0.145. The van der Waals surface area contributed by atoms with Crippen LogP contribution >= 0.6 is 0 Å². The summed E-state index contributed by atoms with van der Waals surface area (Å²) in [5.74, 6) is 0.175. The number of rotatable bonds is 3. The van der Waals surface area contributed by atoms with Gasteiger partial charge in [-0.2, -0.15) is 0 Å². The van der Waals surface area contributed by atoms with E-state index in [1.54, 1.807) is 22.3 Å². The van der Waals surface area contributed by atoms with Crippen molar-refractivity contribution in [1.29, 1.82) is 0 Å². The summed E-state index contributed by atoms with van der Waals surface area (Å²) < 4.78 is 5.41. The van der Waals surface area contributed by atoms with Gasteiger partial charge in [-0.05, 0) is 165 Å². The molecule has 0 unspecified atom stereocenters. The number of hydrogen-bond acceptors (Lipinski definition) is 1. The lowest BCUT2D eigenvalue weighted by Gasteiger charge is -2.41. The monoisotopic (exact) mass is 917 g/mol. The van der Waals surface area contributed by atoms with Crippen LogP contribution in [0.15, 0.2) is 176 Å². The smallest absolute Gasteiger partial charge is 0.0728 e. The first-order valence-corrected chi connectivity index (χ1v) is 26.5. The summed E-state index contributed by atoms with van der Waals surface area (Å²) in [6.45, 7) is 0. The molecule has 0 fully saturated rings. The molecule has 0 spiro atoms. The third-order valence-corrected chi connectivity index (χ3v) is 18.3. The van der Waals surface area contributed by atoms with Crippen LogP contribution < -0.4 is 0 Å². The Bertz CT molecular complexity index is 4620. The highest BCUT2D eigenvalue weighted by molar-refractivity contribution is 6.34. The van der Waals surface area contributed by atoms with E-state index in [1.165, 1.54) is 169 Å². The van der Waals surface area contributed by atoms with Gasteiger partial charge in [0, 0.05) is 49.0 Å². The first-order valence-electron chi connectivity index (χ1n) is 26.5. The Morgan fingerprint density at radius 1 is 0.361 bits per heavy atom. The van der Waals surface area contributed by atoms with Crippen LogP contribution in [0.4, 0.5) is 0 Å². The van der Waals surface area contributed by atoms with Crippen molar-refractivity contribution >= 4 is 76.2 Å². The minimum absolute atomic E-state index is 0.0854. The molecule has 0 aliphatic heterocycles. The summed E-state index contributed by atoms with van der Waals surface area (Å²) in [6, 6.07) is 65.2. The van der Waals surface area contributed by atoms with Crippen LogP contribution in [0.2, 0.25) is 0 Å². The Morgan fingerprint density at radius 2 is 0.889 bits per heavy atom. The molecule has 72 heavy (non-hydrogen) atoms. The van der Waals surface area contributed by atoms with Crippen molar-refractivity contribution in [2.45, 2.75) is 63.2 Å². The maximum atomic E-state index is 5.67. The fourth-order valence-electron chi connectivity index (χ4n) is 15.6. The number of nitrogens with zero attached hydrogens (tertiary/aromatic N) is 3. The molecule has 5 aliphatic carbocycles. The van der Waals surface area contributed by atoms with Gasteiger partial charge in [-0.25, -0.2) is 0 Å². The van der Waals surface area contributed by atoms with E-state index in [4.69, 9.17) is 4.98 Å². The normalized spacial score (nSPS) is 17.0. The minimum Gasteiger partial charge on any atom is -0.308 e. The molecule has 5 aromatic heterocycles. The molecule has 5 heterocycles. The van der Waals surface area contributed by atoms with Crippen LogP contribution in [-0.2, 0) is 25.7 Å². The fourth-order valence-corrected chi connectivity index (χ4v) is 15.6. The molecule has 0 amide bonds. The van der Waals surface area contributed by atoms with Crippen LogP contribution in [0.1, 0.15) is 93.3 Å². The Labute approximate surface area is 416 Å². The number of aryl methyl sites for hydroxylation is 3. The highest BCUT2D eigenvalue weighted by atomic mass is 15.0. The molecule has 14 aromatic rings. The lowest BCUT2D eigenvalue weighted by Crippen LogP contribution is -2.28. The molecule has 0 atom stereocenters. The zero-order valence-electron chi connectivity index (χ0n) is 39.9. The molecule has 0 radical (unpaired) electrons. The van der Waals surface area contributed by atoms with Gasteiger partial charge in [0.05, 0.1) is 50.9 Å². The van der Waals surface area contributed by atoms with Gasteiger partial charge >= 0.3 is 0 Å². The molecule has 2 bridgehead atoms. The largest absolute Gasteiger partial charge is 0.308 e. The lowest BCUT2D eigenvalue weighted by molar-refractivity contribution is 0.690. The lowest BCUT2D eigenvalue weighted by atomic mass is 9.62. The van der Waals surface area contributed by atoms with E-state index in [1.807, 2.05) is 0 Å². The van der Waals surface area contributed by atoms with Crippen LogP contribution in [0.3, 0.4) is 0 Å². The Morgan fingerprint density at radius 3 is 1.54 bits per heavy atom. The van der Waals surface area contributed by atoms with Crippen LogP contribution in [0.25, 0.3) is 110 Å². The number of fused-ring (bicyclic) bond motifs is 16. The summed E-state index contributed by atoms with van der Waals surface area (Å²) >= 11 is 0. The SMILES string of the molecule is c1ccc(-c2cc3c(c4c2CCCC4)c2cc4c(c5c6cc7c(cc6n3c25)c2c(-c3ccccc3)cc(-c3ccccc3)c3c5c6c(ncc5n7c23)C2c3ccccc3C6c3ccccc32)CCCC4)cc1. The van der Waals surface area contributed by atoms with Gasteiger partial charge in [0.2, 0.25) is 0 Å². The highest BCUT2D eigenvalue weighted by Gasteiger charge is 2.44. The molecule has 19 rings (SSSR count). The molecule has 0 N–H and O–H groups in total. The number of hydrogen-bond donors (Lipinski definition) is 0. The minimum atomic E-state index is 0.0854. The maximum Gasteiger partial charge on any atom is 0.0728 e. The second kappa shape index (κ2) is 13.8. The van der Waals surface area contributed by atoms with E-state index >= 15 is 0 Å². The average Bonchev–Trinajstić information content (AvgIpc) is 4.18. The van der Waals surface area contributed by atoms with Crippen LogP contribution in [0, 0.1) is 0 Å². The van der Waals surface area contributed by atoms with Crippen molar-refractivity contribution in [2.75, 3.05) is 0 Å². The summed E-state index contributed by atoms with van der Waals surface area (Å²) in [7, 11) is 0. The van der Waals surface area contributed by atoms with E-state index in [0.717, 1.165) is 25.7 Å². The molecule has 9 aromatic carbocycles. The van der Waals surface area contributed by atoms with Crippen molar-refractivity contribution in [3.05, 3.63) is 232 Å². The quantitative estimate of drug-likeness (QED) is 0.173. The van der Waals surface area contributed by atoms with E-state index in [0.29, 0.717) is 0 Å². The molecule has 3 nitrogen and oxygen atoms in total. The van der Waals surface area contributed by atoms with Gasteiger partial charge in [-0.15, -0.1) is 0 Å². The molecular formula is C69H47N3. The molecule has 0 saturated heterocycles. The van der Waals surface area contributed by atoms with Gasteiger partial charge in [0.15, 0.2) is 0 Å². The van der Waals surface area contributed by atoms with E-state index in [9.17, 15) is 0 Å². The predicted molar refractivity (Wildman–Crippen MR) is 298 cm³/mol. The Balaban J connectivity index is 1.06. The summed E-state index contributed by atoms with van der Waals surface area (Å²) in [5, 5.41) is 11.2. The number of aromatic nitrogens is 3. The molecular weight excluding hydrogens is 871 g/mol. The average molecular weight is 918 g/mol. The maximum absolute atomic E-state index is 5.67. The van der Waals surface area contributed by atoms with Crippen molar-refractivity contribution in [2.24, 2.45) is 0 Å². The van der Waals surface area contributed by atoms with Gasteiger partial charge in [-0.1, -0.05) is 140 Å². The first-order chi connectivity index (χ1) is 35.8. The molecule has 338 valence electrons. The first kappa shape index (κ1) is 38.5. The van der Waals surface area contributed by atoms with Crippen molar-refractivity contribution in [3.8, 4) is 33.4 Å². The van der Waals surface area contributed by atoms with E-state index in [-0.39, 0.29) is 11.8 Å². The third kappa shape index (κ3) is 4.67. The van der Waals surface area contributed by atoms with Gasteiger partial charge in [-0.3, -0.25) is 4.98 Å². The number of benzene rings is 9. The third-order valence-electron chi connectivity index (χ3n) is 18.3. The second-order valence-corrected chi connectivity index (χ2v) is 21.6. The Hall–Kier alpha value is -8.27. The van der Waals surface area contributed by atoms with Gasteiger partial charge < -0.3 is 8.80 Å². The van der Waals surface area contributed by atoms with Crippen molar-refractivity contribution in [3.63, 3.8) is 0 Å². The van der Waals surface area contributed by atoms with Gasteiger partial charge in [0.25, 0.3) is 0 Å². The summed E-state index contributed by atoms with van der Waals surface area (Å²) in [6.07, 6.45) is 11.8. The predicted octanol–water partition coefficient (Wildman–Crippen LogP) is 17.1. The molecule has 0 saturated carbocycles. The molecule has 5 aliphatic rings. The van der Waals surface area contributed by atoms with Crippen molar-refractivity contribution < 1.29 is 0 Å². The van der Waals surface area contributed by atoms with Crippen LogP contribution in [0.5, 0.6) is 0 Å². The van der Waals surface area contributed by atoms with Crippen LogP contribution in [-0.4, -0.2) is 13.8 Å². The standard InChI is InChI=1S/C69H47N3/c1-4-18-38(19-5-1)49-34-57-59(44-27-13-12-26-43(44)49)54-32-41-24-10-11-25-42(41)62-52-35-56-53(36-55(52)71(57)68(54)62)63-50(39-20-6-2-7-21-39)33-51(40-22-8-3-9-23-40)64-65-58(72(56)69(63)64)37-70-67-61-47-30-16-14-28-45(47)60(66(65)67)46-29-15-17-31-48(46)61/h1-9,14-23,28-37,60-61H,10-13,24-27H2. The zero-order valence-corrected chi connectivity index (χ0v) is 39.9. The topological polar surface area (TPSA) is 21.7 Å². The summed E-state index contributed by atoms with van der Waals surface area (Å²) in [5.41, 5.74) is 30.2. The zero-order chi connectivity index (χ0) is 46.5. The van der Waals surface area contributed by atoms with Gasteiger partial charge in [0.1, 0.15) is 0 Å². The highest BCUT2D eigenvalue weighted by Crippen LogP contribution is 2.60. The van der Waals surface area contributed by atoms with E-state index in [2.05, 4.69) is 185 Å². The Kier molecular flexibility index (Phi) is 7.36. The summed E-state index contributed by atoms with van der Waals surface area (Å²) in [4.78, 5) is 5.67.